The maximum Gasteiger partial charge on any atom is 0.0658 e. The Hall–Kier alpha value is -0.550. The number of nitrogens with zero attached hydrogens (tertiary/aromatic N) is 1. The minimum atomic E-state index is -0.0883. The number of aliphatic hydroxyl groups excluding tert-OH is 1. The summed E-state index contributed by atoms with van der Waals surface area (Å²) in [5.41, 5.74) is 0. The maximum absolute atomic E-state index is 9.32. The van der Waals surface area contributed by atoms with Crippen LogP contribution in [0, 0.1) is 29.1 Å². The molecule has 2 aliphatic rings. The van der Waals surface area contributed by atoms with Crippen LogP contribution in [-0.4, -0.2) is 11.2 Å². The third-order valence-electron chi connectivity index (χ3n) is 2.99. The van der Waals surface area contributed by atoms with Gasteiger partial charge in [-0.05, 0) is 31.1 Å². The van der Waals surface area contributed by atoms with Gasteiger partial charge in [-0.15, -0.1) is 0 Å². The summed E-state index contributed by atoms with van der Waals surface area (Å²) in [5, 5.41) is 18.0. The Kier molecular flexibility index (Phi) is 1.21. The molecule has 2 bridgehead atoms. The van der Waals surface area contributed by atoms with Crippen LogP contribution < -0.4 is 0 Å². The van der Waals surface area contributed by atoms with Crippen LogP contribution in [0.5, 0.6) is 0 Å². The lowest BCUT2D eigenvalue weighted by Crippen LogP contribution is -2.20. The van der Waals surface area contributed by atoms with Crippen molar-refractivity contribution in [1.29, 1.82) is 5.26 Å². The molecular weight excluding hydrogens is 126 g/mol. The Balaban J connectivity index is 2.11. The number of rotatable bonds is 0. The summed E-state index contributed by atoms with van der Waals surface area (Å²) in [6.07, 6.45) is 2.83. The highest BCUT2D eigenvalue weighted by atomic mass is 16.3. The first-order valence-electron chi connectivity index (χ1n) is 3.89. The molecule has 0 aromatic heterocycles. The van der Waals surface area contributed by atoms with E-state index < -0.39 is 0 Å². The molecule has 1 N–H and O–H groups in total. The predicted molar refractivity (Wildman–Crippen MR) is 35.9 cm³/mol. The molecule has 0 saturated heterocycles. The van der Waals surface area contributed by atoms with Gasteiger partial charge in [0.2, 0.25) is 0 Å². The fourth-order valence-corrected chi connectivity index (χ4v) is 2.40. The van der Waals surface area contributed by atoms with Gasteiger partial charge in [0.15, 0.2) is 0 Å². The molecular formula is C8H11NO. The molecule has 2 fully saturated rings. The fraction of sp³-hybridized carbons (Fsp3) is 0.875. The highest BCUT2D eigenvalue weighted by molar-refractivity contribution is 5.03. The van der Waals surface area contributed by atoms with Gasteiger partial charge < -0.3 is 5.11 Å². The second kappa shape index (κ2) is 1.96. The van der Waals surface area contributed by atoms with Gasteiger partial charge in [0.05, 0.1) is 12.2 Å². The van der Waals surface area contributed by atoms with E-state index in [-0.39, 0.29) is 12.0 Å². The van der Waals surface area contributed by atoms with Crippen molar-refractivity contribution in [3.8, 4) is 6.07 Å². The molecule has 2 rings (SSSR count). The highest BCUT2D eigenvalue weighted by Crippen LogP contribution is 2.47. The number of hydrogen-bond acceptors (Lipinski definition) is 2. The quantitative estimate of drug-likeness (QED) is 0.539. The average Bonchev–Trinajstić information content (AvgIpc) is 2.44. The molecule has 0 radical (unpaired) electrons. The number of nitriles is 1. The summed E-state index contributed by atoms with van der Waals surface area (Å²) in [7, 11) is 0. The van der Waals surface area contributed by atoms with Crippen molar-refractivity contribution >= 4 is 0 Å². The Morgan fingerprint density at radius 3 is 2.40 bits per heavy atom. The van der Waals surface area contributed by atoms with Crippen LogP contribution in [0.1, 0.15) is 19.3 Å². The van der Waals surface area contributed by atoms with Crippen molar-refractivity contribution in [3.05, 3.63) is 0 Å². The van der Waals surface area contributed by atoms with Gasteiger partial charge >= 0.3 is 0 Å². The molecule has 54 valence electrons. The number of aliphatic hydroxyl groups is 1. The topological polar surface area (TPSA) is 44.0 Å². The zero-order chi connectivity index (χ0) is 7.14. The summed E-state index contributed by atoms with van der Waals surface area (Å²) < 4.78 is 0. The van der Waals surface area contributed by atoms with E-state index in [4.69, 9.17) is 5.26 Å². The van der Waals surface area contributed by atoms with Crippen molar-refractivity contribution < 1.29 is 5.11 Å². The van der Waals surface area contributed by atoms with Crippen LogP contribution in [0.15, 0.2) is 0 Å². The first-order chi connectivity index (χ1) is 4.81. The van der Waals surface area contributed by atoms with Crippen molar-refractivity contribution in [2.45, 2.75) is 25.4 Å². The maximum atomic E-state index is 9.32. The lowest BCUT2D eigenvalue weighted by atomic mass is 9.88. The van der Waals surface area contributed by atoms with Gasteiger partial charge in [-0.2, -0.15) is 5.26 Å². The monoisotopic (exact) mass is 137 g/mol. The average molecular weight is 137 g/mol. The van der Waals surface area contributed by atoms with Crippen LogP contribution in [-0.2, 0) is 0 Å². The van der Waals surface area contributed by atoms with Crippen molar-refractivity contribution in [3.63, 3.8) is 0 Å². The largest absolute Gasteiger partial charge is 0.393 e. The second-order valence-electron chi connectivity index (χ2n) is 3.53. The van der Waals surface area contributed by atoms with Crippen LogP contribution in [0.3, 0.4) is 0 Å². The molecule has 2 heteroatoms. The number of hydrogen-bond donors (Lipinski definition) is 1. The highest BCUT2D eigenvalue weighted by Gasteiger charge is 2.45. The SMILES string of the molecule is N#C[C@H]1C[C@H]2C[C@H]1C[C@H]2O. The summed E-state index contributed by atoms with van der Waals surface area (Å²) in [6, 6.07) is 2.30. The van der Waals surface area contributed by atoms with Gasteiger partial charge in [0.25, 0.3) is 0 Å². The van der Waals surface area contributed by atoms with E-state index in [1.165, 1.54) is 0 Å². The van der Waals surface area contributed by atoms with Crippen LogP contribution in [0.2, 0.25) is 0 Å². The molecule has 0 spiro atoms. The van der Waals surface area contributed by atoms with Crippen molar-refractivity contribution in [2.75, 3.05) is 0 Å². The van der Waals surface area contributed by atoms with Crippen molar-refractivity contribution in [1.82, 2.24) is 0 Å². The van der Waals surface area contributed by atoms with Gasteiger partial charge in [0, 0.05) is 5.92 Å². The first kappa shape index (κ1) is 6.18. The lowest BCUT2D eigenvalue weighted by Gasteiger charge is -2.18. The summed E-state index contributed by atoms with van der Waals surface area (Å²) in [5.74, 6) is 1.23. The molecule has 2 nitrogen and oxygen atoms in total. The van der Waals surface area contributed by atoms with E-state index in [9.17, 15) is 5.11 Å². The summed E-state index contributed by atoms with van der Waals surface area (Å²) in [4.78, 5) is 0. The second-order valence-corrected chi connectivity index (χ2v) is 3.53. The van der Waals surface area contributed by atoms with Gasteiger partial charge in [-0.1, -0.05) is 0 Å². The van der Waals surface area contributed by atoms with Gasteiger partial charge in [-0.25, -0.2) is 0 Å². The molecule has 0 aromatic rings. The molecule has 4 atom stereocenters. The Bertz CT molecular complexity index is 182. The molecule has 0 unspecified atom stereocenters. The Labute approximate surface area is 60.5 Å². The third-order valence-corrected chi connectivity index (χ3v) is 2.99. The minimum Gasteiger partial charge on any atom is -0.393 e. The predicted octanol–water partition coefficient (Wildman–Crippen LogP) is 0.917. The first-order valence-corrected chi connectivity index (χ1v) is 3.89. The zero-order valence-corrected chi connectivity index (χ0v) is 5.83. The van der Waals surface area contributed by atoms with E-state index in [0.29, 0.717) is 11.8 Å². The van der Waals surface area contributed by atoms with Gasteiger partial charge in [0.1, 0.15) is 0 Å². The van der Waals surface area contributed by atoms with Crippen LogP contribution >= 0.6 is 0 Å². The van der Waals surface area contributed by atoms with E-state index in [0.717, 1.165) is 19.3 Å². The van der Waals surface area contributed by atoms with Crippen molar-refractivity contribution in [2.24, 2.45) is 17.8 Å². The Morgan fingerprint density at radius 2 is 2.00 bits per heavy atom. The van der Waals surface area contributed by atoms with E-state index >= 15 is 0 Å². The summed E-state index contributed by atoms with van der Waals surface area (Å²) in [6.45, 7) is 0. The van der Waals surface area contributed by atoms with E-state index in [1.807, 2.05) is 0 Å². The van der Waals surface area contributed by atoms with Gasteiger partial charge in [-0.3, -0.25) is 0 Å². The molecule has 2 aliphatic carbocycles. The van der Waals surface area contributed by atoms with Crippen LogP contribution in [0.4, 0.5) is 0 Å². The normalized spacial score (nSPS) is 51.2. The summed E-state index contributed by atoms with van der Waals surface area (Å²) >= 11 is 0. The third kappa shape index (κ3) is 0.674. The zero-order valence-electron chi connectivity index (χ0n) is 5.83. The fourth-order valence-electron chi connectivity index (χ4n) is 2.40. The van der Waals surface area contributed by atoms with Crippen LogP contribution in [0.25, 0.3) is 0 Å². The molecule has 0 aliphatic heterocycles. The molecule has 10 heavy (non-hydrogen) atoms. The standard InChI is InChI=1S/C8H11NO/c9-4-7-2-6-1-5(7)3-8(6)10/h5-8,10H,1-3H2/t5-,6+,7+,8+/m0/s1. The smallest absolute Gasteiger partial charge is 0.0658 e. The van der Waals surface area contributed by atoms with E-state index in [2.05, 4.69) is 6.07 Å². The van der Waals surface area contributed by atoms with E-state index in [1.54, 1.807) is 0 Å². The lowest BCUT2D eigenvalue weighted by molar-refractivity contribution is 0.104. The molecule has 2 saturated carbocycles. The molecule has 0 amide bonds. The molecule has 0 aromatic carbocycles. The Morgan fingerprint density at radius 1 is 1.20 bits per heavy atom. The number of fused-ring (bicyclic) bond motifs is 2. The molecule has 0 heterocycles. The minimum absolute atomic E-state index is 0.0883.